The van der Waals surface area contributed by atoms with Gasteiger partial charge in [0.25, 0.3) is 10.0 Å². The fourth-order valence-corrected chi connectivity index (χ4v) is 6.90. The van der Waals surface area contributed by atoms with E-state index in [9.17, 15) is 18.0 Å². The van der Waals surface area contributed by atoms with Crippen LogP contribution in [0.25, 0.3) is 0 Å². The van der Waals surface area contributed by atoms with E-state index in [2.05, 4.69) is 5.32 Å². The van der Waals surface area contributed by atoms with Crippen LogP contribution in [0.5, 0.6) is 0 Å². The quantitative estimate of drug-likeness (QED) is 0.152. The number of hydrogen-bond donors (Lipinski definition) is 1. The molecule has 0 aromatic heterocycles. The van der Waals surface area contributed by atoms with Crippen molar-refractivity contribution in [2.24, 2.45) is 0 Å². The highest BCUT2D eigenvalue weighted by Crippen LogP contribution is 2.31. The number of benzene rings is 4. The number of amides is 2. The molecular weight excluding hydrogens is 688 g/mol. The van der Waals surface area contributed by atoms with E-state index >= 15 is 0 Å². The summed E-state index contributed by atoms with van der Waals surface area (Å²) in [6.07, 6.45) is 0.833. The van der Waals surface area contributed by atoms with Gasteiger partial charge in [-0.3, -0.25) is 13.9 Å². The van der Waals surface area contributed by atoms with Gasteiger partial charge in [-0.1, -0.05) is 108 Å². The monoisotopic (exact) mass is 719 g/mol. The average molecular weight is 722 g/mol. The lowest BCUT2D eigenvalue weighted by Crippen LogP contribution is -2.54. The highest BCUT2D eigenvalue weighted by atomic mass is 35.5. The fourth-order valence-electron chi connectivity index (χ4n) is 4.72. The van der Waals surface area contributed by atoms with Crippen LogP contribution in [0, 0.1) is 0 Å². The fraction of sp³-hybridized carbons (Fsp3) is 0.235. The molecule has 46 heavy (non-hydrogen) atoms. The van der Waals surface area contributed by atoms with Crippen LogP contribution in [0.2, 0.25) is 20.1 Å². The predicted octanol–water partition coefficient (Wildman–Crippen LogP) is 8.05. The topological polar surface area (TPSA) is 86.8 Å². The van der Waals surface area contributed by atoms with Crippen molar-refractivity contribution in [2.75, 3.05) is 10.8 Å². The van der Waals surface area contributed by atoms with Gasteiger partial charge in [0.1, 0.15) is 12.6 Å². The Balaban J connectivity index is 1.84. The lowest BCUT2D eigenvalue weighted by Gasteiger charge is -2.34. The van der Waals surface area contributed by atoms with Gasteiger partial charge < -0.3 is 10.2 Å². The van der Waals surface area contributed by atoms with Crippen molar-refractivity contribution in [3.05, 3.63) is 128 Å². The summed E-state index contributed by atoms with van der Waals surface area (Å²) in [7, 11) is -4.29. The van der Waals surface area contributed by atoms with Crippen LogP contribution in [0.1, 0.15) is 31.4 Å². The third kappa shape index (κ3) is 8.96. The zero-order valence-corrected chi connectivity index (χ0v) is 29.0. The largest absolute Gasteiger partial charge is 0.352 e. The van der Waals surface area contributed by atoms with E-state index in [1.165, 1.54) is 35.2 Å². The Kier molecular flexibility index (Phi) is 12.4. The molecule has 0 unspecified atom stereocenters. The van der Waals surface area contributed by atoms with Crippen LogP contribution in [0.15, 0.2) is 102 Å². The Labute approximate surface area is 290 Å². The minimum Gasteiger partial charge on any atom is -0.352 e. The van der Waals surface area contributed by atoms with E-state index in [0.29, 0.717) is 22.0 Å². The number of rotatable bonds is 13. The smallest absolute Gasteiger partial charge is 0.264 e. The van der Waals surface area contributed by atoms with E-state index < -0.39 is 28.5 Å². The molecule has 0 fully saturated rings. The van der Waals surface area contributed by atoms with Crippen molar-refractivity contribution in [3.8, 4) is 0 Å². The van der Waals surface area contributed by atoms with Gasteiger partial charge in [-0.05, 0) is 66.9 Å². The van der Waals surface area contributed by atoms with Crippen molar-refractivity contribution < 1.29 is 18.0 Å². The van der Waals surface area contributed by atoms with Crippen molar-refractivity contribution >= 4 is 73.9 Å². The molecule has 0 saturated carbocycles. The summed E-state index contributed by atoms with van der Waals surface area (Å²) >= 11 is 25.2. The van der Waals surface area contributed by atoms with Crippen LogP contribution >= 0.6 is 46.4 Å². The molecule has 0 saturated heterocycles. The van der Waals surface area contributed by atoms with Crippen molar-refractivity contribution in [2.45, 2.75) is 50.2 Å². The van der Waals surface area contributed by atoms with Crippen molar-refractivity contribution in [3.63, 3.8) is 0 Å². The number of halogens is 4. The minimum atomic E-state index is -4.29. The van der Waals surface area contributed by atoms with Crippen molar-refractivity contribution in [1.82, 2.24) is 10.2 Å². The van der Waals surface area contributed by atoms with Crippen LogP contribution in [0.4, 0.5) is 5.69 Å². The van der Waals surface area contributed by atoms with E-state index in [-0.39, 0.29) is 45.5 Å². The first-order valence-electron chi connectivity index (χ1n) is 14.5. The number of hydrogen-bond acceptors (Lipinski definition) is 4. The molecule has 1 N–H and O–H groups in total. The van der Waals surface area contributed by atoms with Gasteiger partial charge in [0, 0.05) is 29.1 Å². The van der Waals surface area contributed by atoms with Gasteiger partial charge in [-0.2, -0.15) is 0 Å². The summed E-state index contributed by atoms with van der Waals surface area (Å²) in [6, 6.07) is 25.0. The zero-order valence-electron chi connectivity index (χ0n) is 25.2. The second-order valence-electron chi connectivity index (χ2n) is 10.7. The maximum absolute atomic E-state index is 14.5. The molecule has 0 radical (unpaired) electrons. The summed E-state index contributed by atoms with van der Waals surface area (Å²) in [4.78, 5) is 29.8. The van der Waals surface area contributed by atoms with Gasteiger partial charge in [0.15, 0.2) is 0 Å². The zero-order chi connectivity index (χ0) is 33.4. The summed E-state index contributed by atoms with van der Waals surface area (Å²) in [5, 5.41) is 4.03. The second-order valence-corrected chi connectivity index (χ2v) is 14.2. The van der Waals surface area contributed by atoms with Gasteiger partial charge >= 0.3 is 0 Å². The van der Waals surface area contributed by atoms with Crippen LogP contribution in [0.3, 0.4) is 0 Å². The van der Waals surface area contributed by atoms with Gasteiger partial charge in [-0.25, -0.2) is 8.42 Å². The molecule has 7 nitrogen and oxygen atoms in total. The van der Waals surface area contributed by atoms with E-state index in [1.807, 2.05) is 44.2 Å². The molecule has 0 bridgehead atoms. The molecule has 0 aliphatic carbocycles. The molecule has 2 atom stereocenters. The normalized spacial score (nSPS) is 12.7. The Hall–Kier alpha value is -3.27. The molecule has 0 heterocycles. The first-order valence-corrected chi connectivity index (χ1v) is 17.5. The first kappa shape index (κ1) is 35.6. The molecule has 0 spiro atoms. The molecule has 2 amide bonds. The summed E-state index contributed by atoms with van der Waals surface area (Å²) < 4.78 is 29.1. The predicted molar refractivity (Wildman–Crippen MR) is 186 cm³/mol. The highest BCUT2D eigenvalue weighted by molar-refractivity contribution is 7.92. The van der Waals surface area contributed by atoms with E-state index in [1.54, 1.807) is 36.4 Å². The Morgan fingerprint density at radius 2 is 1.46 bits per heavy atom. The molecule has 12 heteroatoms. The third-order valence-electron chi connectivity index (χ3n) is 7.43. The van der Waals surface area contributed by atoms with Gasteiger partial charge in [-0.15, -0.1) is 0 Å². The van der Waals surface area contributed by atoms with Crippen molar-refractivity contribution in [1.29, 1.82) is 0 Å². The molecule has 4 aromatic carbocycles. The van der Waals surface area contributed by atoms with E-state index in [4.69, 9.17) is 46.4 Å². The van der Waals surface area contributed by atoms with Gasteiger partial charge in [0.2, 0.25) is 11.8 Å². The SMILES string of the molecule is CC[C@@H](C)NC(=O)[C@H](Cc1ccccc1)N(Cc1ccc(Cl)cc1Cl)C(=O)CN(c1ccc(Cl)c(Cl)c1)S(=O)(=O)c1ccccc1. The maximum Gasteiger partial charge on any atom is 0.264 e. The number of nitrogens with zero attached hydrogens (tertiary/aromatic N) is 2. The number of carbonyl (C=O) groups excluding carboxylic acids is 2. The Bertz CT molecular complexity index is 1780. The highest BCUT2D eigenvalue weighted by Gasteiger charge is 2.35. The van der Waals surface area contributed by atoms with Crippen LogP contribution in [-0.2, 0) is 32.6 Å². The lowest BCUT2D eigenvalue weighted by atomic mass is 10.0. The number of nitrogens with one attached hydrogen (secondary N) is 1. The summed E-state index contributed by atoms with van der Waals surface area (Å²) in [6.45, 7) is 3.07. The molecule has 4 aromatic rings. The standard InChI is InChI=1S/C34H33Cl4N3O4S/c1-3-23(2)39-34(43)32(18-24-10-6-4-7-11-24)40(21-25-14-15-26(35)19-30(25)37)33(42)22-41(27-16-17-29(36)31(38)20-27)46(44,45)28-12-8-5-9-13-28/h4-17,19-20,23,32H,3,18,21-22H2,1-2H3,(H,39,43)/t23-,32+/m1/s1. The minimum absolute atomic E-state index is 0.0310. The summed E-state index contributed by atoms with van der Waals surface area (Å²) in [5.41, 5.74) is 1.46. The second kappa shape index (κ2) is 16.0. The number of carbonyl (C=O) groups is 2. The average Bonchev–Trinajstić information content (AvgIpc) is 3.04. The van der Waals surface area contributed by atoms with Crippen LogP contribution in [-0.4, -0.2) is 43.8 Å². The number of sulfonamides is 1. The molecular formula is C34H33Cl4N3O4S. The van der Waals surface area contributed by atoms with E-state index in [0.717, 1.165) is 9.87 Å². The maximum atomic E-state index is 14.5. The summed E-state index contributed by atoms with van der Waals surface area (Å²) in [5.74, 6) is -1.03. The first-order chi connectivity index (χ1) is 21.9. The lowest BCUT2D eigenvalue weighted by molar-refractivity contribution is -0.140. The molecule has 0 aliphatic rings. The molecule has 4 rings (SSSR count). The Morgan fingerprint density at radius 1 is 0.804 bits per heavy atom. The Morgan fingerprint density at radius 3 is 2.07 bits per heavy atom. The molecule has 0 aliphatic heterocycles. The molecule has 242 valence electrons. The number of anilines is 1. The van der Waals surface area contributed by atoms with Crippen LogP contribution < -0.4 is 9.62 Å². The third-order valence-corrected chi connectivity index (χ3v) is 10.5. The van der Waals surface area contributed by atoms with Gasteiger partial charge in [0.05, 0.1) is 20.6 Å².